The first-order valence-corrected chi connectivity index (χ1v) is 8.85. The lowest BCUT2D eigenvalue weighted by Crippen LogP contribution is -2.37. The third-order valence-corrected chi connectivity index (χ3v) is 5.75. The minimum absolute atomic E-state index is 0.0996. The van der Waals surface area contributed by atoms with Crippen LogP contribution in [-0.2, 0) is 16.6 Å². The van der Waals surface area contributed by atoms with E-state index in [4.69, 9.17) is 0 Å². The van der Waals surface area contributed by atoms with Crippen molar-refractivity contribution in [2.75, 3.05) is 6.54 Å². The molecule has 0 saturated heterocycles. The van der Waals surface area contributed by atoms with E-state index in [1.54, 1.807) is 18.2 Å². The van der Waals surface area contributed by atoms with Crippen LogP contribution < -0.4 is 5.32 Å². The van der Waals surface area contributed by atoms with Gasteiger partial charge in [0.2, 0.25) is 10.0 Å². The second kappa shape index (κ2) is 6.73. The fourth-order valence-electron chi connectivity index (χ4n) is 2.28. The normalized spacial score (nSPS) is 15.6. The molecule has 5 heteroatoms. The zero-order valence-corrected chi connectivity index (χ0v) is 13.6. The zero-order valence-electron chi connectivity index (χ0n) is 12.7. The minimum Gasteiger partial charge on any atom is -0.310 e. The van der Waals surface area contributed by atoms with Gasteiger partial charge in [-0.15, -0.1) is 6.58 Å². The Morgan fingerprint density at radius 3 is 2.62 bits per heavy atom. The van der Waals surface area contributed by atoms with Crippen molar-refractivity contribution >= 4 is 10.0 Å². The summed E-state index contributed by atoms with van der Waals surface area (Å²) in [6.07, 6.45) is 4.00. The molecule has 0 spiro atoms. The van der Waals surface area contributed by atoms with Crippen LogP contribution in [0.3, 0.4) is 0 Å². The van der Waals surface area contributed by atoms with Crippen LogP contribution >= 0.6 is 0 Å². The number of nitrogens with one attached hydrogen (secondary N) is 1. The van der Waals surface area contributed by atoms with E-state index in [1.807, 2.05) is 26.0 Å². The van der Waals surface area contributed by atoms with Crippen LogP contribution in [0.15, 0.2) is 41.8 Å². The molecule has 0 atom stereocenters. The van der Waals surface area contributed by atoms with Gasteiger partial charge in [0.1, 0.15) is 0 Å². The Bertz CT molecular complexity index is 592. The number of nitrogens with zero attached hydrogens (tertiary/aromatic N) is 1. The highest BCUT2D eigenvalue weighted by Gasteiger charge is 2.28. The Morgan fingerprint density at radius 2 is 2.05 bits per heavy atom. The standard InChI is InChI=1S/C16H24N2O2S/c1-4-11-18(13(2)3)21(19,20)16-8-6-5-7-14(16)12-17-15-9-10-15/h4-8,13,15,17H,1,9-12H2,2-3H3. The maximum Gasteiger partial charge on any atom is 0.243 e. The van der Waals surface area contributed by atoms with Gasteiger partial charge < -0.3 is 5.32 Å². The second-order valence-electron chi connectivity index (χ2n) is 5.72. The molecule has 0 aromatic heterocycles. The quantitative estimate of drug-likeness (QED) is 0.751. The number of hydrogen-bond acceptors (Lipinski definition) is 3. The molecule has 0 aliphatic heterocycles. The average Bonchev–Trinajstić information content (AvgIpc) is 3.26. The maximum absolute atomic E-state index is 12.9. The Morgan fingerprint density at radius 1 is 1.38 bits per heavy atom. The highest BCUT2D eigenvalue weighted by atomic mass is 32.2. The van der Waals surface area contributed by atoms with Crippen LogP contribution in [0.5, 0.6) is 0 Å². The molecule has 4 nitrogen and oxygen atoms in total. The minimum atomic E-state index is -3.50. The van der Waals surface area contributed by atoms with Crippen molar-refractivity contribution < 1.29 is 8.42 Å². The van der Waals surface area contributed by atoms with Crippen LogP contribution in [0.1, 0.15) is 32.3 Å². The third kappa shape index (κ3) is 3.93. The first kappa shape index (κ1) is 16.2. The summed E-state index contributed by atoms with van der Waals surface area (Å²) in [5.74, 6) is 0. The van der Waals surface area contributed by atoms with Crippen molar-refractivity contribution in [3.05, 3.63) is 42.5 Å². The summed E-state index contributed by atoms with van der Waals surface area (Å²) in [5.41, 5.74) is 0.833. The van der Waals surface area contributed by atoms with Gasteiger partial charge in [0, 0.05) is 25.2 Å². The van der Waals surface area contributed by atoms with Gasteiger partial charge in [0.25, 0.3) is 0 Å². The lowest BCUT2D eigenvalue weighted by Gasteiger charge is -2.25. The van der Waals surface area contributed by atoms with Crippen LogP contribution in [0.25, 0.3) is 0 Å². The van der Waals surface area contributed by atoms with Crippen LogP contribution in [0, 0.1) is 0 Å². The van der Waals surface area contributed by atoms with Crippen molar-refractivity contribution in [1.29, 1.82) is 0 Å². The Labute approximate surface area is 127 Å². The molecule has 1 saturated carbocycles. The van der Waals surface area contributed by atoms with Crippen molar-refractivity contribution in [2.24, 2.45) is 0 Å². The van der Waals surface area contributed by atoms with E-state index in [1.165, 1.54) is 17.1 Å². The third-order valence-electron chi connectivity index (χ3n) is 3.60. The fourth-order valence-corrected chi connectivity index (χ4v) is 4.11. The Hall–Kier alpha value is -1.17. The van der Waals surface area contributed by atoms with Crippen molar-refractivity contribution in [3.63, 3.8) is 0 Å². The lowest BCUT2D eigenvalue weighted by molar-refractivity contribution is 0.382. The average molecular weight is 308 g/mol. The molecule has 1 aromatic carbocycles. The predicted molar refractivity (Wildman–Crippen MR) is 85.5 cm³/mol. The second-order valence-corrected chi connectivity index (χ2v) is 7.58. The van der Waals surface area contributed by atoms with E-state index >= 15 is 0 Å². The molecule has 0 radical (unpaired) electrons. The molecule has 0 amide bonds. The maximum atomic E-state index is 12.9. The summed E-state index contributed by atoms with van der Waals surface area (Å²) >= 11 is 0. The molecule has 1 N–H and O–H groups in total. The Kier molecular flexibility index (Phi) is 5.19. The van der Waals surface area contributed by atoms with Crippen molar-refractivity contribution in [1.82, 2.24) is 9.62 Å². The molecule has 1 fully saturated rings. The van der Waals surface area contributed by atoms with E-state index < -0.39 is 10.0 Å². The molecular formula is C16H24N2O2S. The van der Waals surface area contributed by atoms with Crippen LogP contribution in [-0.4, -0.2) is 31.4 Å². The van der Waals surface area contributed by atoms with Crippen molar-refractivity contribution in [2.45, 2.75) is 50.2 Å². The summed E-state index contributed by atoms with van der Waals surface area (Å²) in [6.45, 7) is 8.35. The van der Waals surface area contributed by atoms with E-state index in [0.29, 0.717) is 24.0 Å². The van der Waals surface area contributed by atoms with E-state index in [2.05, 4.69) is 11.9 Å². The van der Waals surface area contributed by atoms with Gasteiger partial charge in [-0.3, -0.25) is 0 Å². The summed E-state index contributed by atoms with van der Waals surface area (Å²) in [4.78, 5) is 0.397. The van der Waals surface area contributed by atoms with Gasteiger partial charge in [-0.05, 0) is 38.3 Å². The largest absolute Gasteiger partial charge is 0.310 e. The molecule has 116 valence electrons. The predicted octanol–water partition coefficient (Wildman–Crippen LogP) is 2.52. The first-order valence-electron chi connectivity index (χ1n) is 7.41. The van der Waals surface area contributed by atoms with Gasteiger partial charge in [-0.1, -0.05) is 24.3 Å². The van der Waals surface area contributed by atoms with Crippen LogP contribution in [0.4, 0.5) is 0 Å². The first-order chi connectivity index (χ1) is 9.96. The molecular weight excluding hydrogens is 284 g/mol. The van der Waals surface area contributed by atoms with Gasteiger partial charge >= 0.3 is 0 Å². The van der Waals surface area contributed by atoms with Gasteiger partial charge in [0.15, 0.2) is 0 Å². The number of hydrogen-bond donors (Lipinski definition) is 1. The number of benzene rings is 1. The summed E-state index contributed by atoms with van der Waals surface area (Å²) < 4.78 is 27.3. The lowest BCUT2D eigenvalue weighted by atomic mass is 10.2. The highest BCUT2D eigenvalue weighted by molar-refractivity contribution is 7.89. The van der Waals surface area contributed by atoms with E-state index in [0.717, 1.165) is 5.56 Å². The molecule has 0 unspecified atom stereocenters. The van der Waals surface area contributed by atoms with Crippen LogP contribution in [0.2, 0.25) is 0 Å². The number of sulfonamides is 1. The summed E-state index contributed by atoms with van der Waals surface area (Å²) in [6, 6.07) is 7.69. The molecule has 1 aliphatic carbocycles. The monoisotopic (exact) mass is 308 g/mol. The van der Waals surface area contributed by atoms with Crippen molar-refractivity contribution in [3.8, 4) is 0 Å². The smallest absolute Gasteiger partial charge is 0.243 e. The highest BCUT2D eigenvalue weighted by Crippen LogP contribution is 2.24. The molecule has 1 aromatic rings. The molecule has 0 bridgehead atoms. The molecule has 2 rings (SSSR count). The summed E-state index contributed by atoms with van der Waals surface area (Å²) in [7, 11) is -3.50. The topological polar surface area (TPSA) is 49.4 Å². The fraction of sp³-hybridized carbons (Fsp3) is 0.500. The molecule has 1 aliphatic rings. The van der Waals surface area contributed by atoms with E-state index in [9.17, 15) is 8.42 Å². The number of rotatable bonds is 8. The summed E-state index contributed by atoms with van der Waals surface area (Å²) in [5, 5.41) is 3.38. The van der Waals surface area contributed by atoms with Gasteiger partial charge in [-0.25, -0.2) is 8.42 Å². The van der Waals surface area contributed by atoms with Gasteiger partial charge in [0.05, 0.1) is 4.90 Å². The Balaban J connectivity index is 2.30. The SMILES string of the molecule is C=CCN(C(C)C)S(=O)(=O)c1ccccc1CNC1CC1. The molecule has 0 heterocycles. The zero-order chi connectivity index (χ0) is 15.5. The van der Waals surface area contributed by atoms with E-state index in [-0.39, 0.29) is 6.04 Å². The molecule has 21 heavy (non-hydrogen) atoms. The van der Waals surface area contributed by atoms with Gasteiger partial charge in [-0.2, -0.15) is 4.31 Å².